The fourth-order valence-electron chi connectivity index (χ4n) is 3.61. The van der Waals surface area contributed by atoms with Crippen LogP contribution in [0, 0.1) is 23.8 Å². The maximum Gasteiger partial charge on any atom is 0.219 e. The van der Waals surface area contributed by atoms with Crippen molar-refractivity contribution in [2.45, 2.75) is 24.7 Å². The van der Waals surface area contributed by atoms with Crippen LogP contribution in [0.1, 0.15) is 25.3 Å². The predicted octanol–water partition coefficient (Wildman–Crippen LogP) is 3.81. The van der Waals surface area contributed by atoms with Crippen molar-refractivity contribution in [3.8, 4) is 17.2 Å². The van der Waals surface area contributed by atoms with Gasteiger partial charge >= 0.3 is 0 Å². The third-order valence-corrected chi connectivity index (χ3v) is 7.19. The van der Waals surface area contributed by atoms with E-state index in [0.717, 1.165) is 5.56 Å². The Morgan fingerprint density at radius 3 is 2.41 bits per heavy atom. The van der Waals surface area contributed by atoms with Crippen LogP contribution in [0.3, 0.4) is 0 Å². The Bertz CT molecular complexity index is 1100. The van der Waals surface area contributed by atoms with Gasteiger partial charge in [0.05, 0.1) is 23.3 Å². The second-order valence-corrected chi connectivity index (χ2v) is 9.24. The van der Waals surface area contributed by atoms with Crippen LogP contribution in [0.5, 0.6) is 0 Å². The molecule has 29 heavy (non-hydrogen) atoms. The zero-order chi connectivity index (χ0) is 21.0. The van der Waals surface area contributed by atoms with Gasteiger partial charge in [-0.3, -0.25) is 4.79 Å². The minimum atomic E-state index is -3.43. The summed E-state index contributed by atoms with van der Waals surface area (Å²) in [5, 5.41) is 9.35. The third-order valence-electron chi connectivity index (χ3n) is 5.29. The summed E-state index contributed by atoms with van der Waals surface area (Å²) in [6.07, 6.45) is 1.38. The molecule has 0 saturated carbocycles. The summed E-state index contributed by atoms with van der Waals surface area (Å²) in [6, 6.07) is 13.5. The number of likely N-dealkylation sites (tertiary alicyclic amines) is 1. The number of carbonyl (C=O) groups is 1. The van der Waals surface area contributed by atoms with Crippen molar-refractivity contribution >= 4 is 21.4 Å². The van der Waals surface area contributed by atoms with Gasteiger partial charge in [-0.25, -0.2) is 13.3 Å². The monoisotopic (exact) mass is 407 g/mol. The minimum absolute atomic E-state index is 0.0306. The molecule has 1 heterocycles. The molecule has 6 nitrogen and oxygen atoms in total. The number of benzene rings is 2. The molecule has 2 aromatic rings. The van der Waals surface area contributed by atoms with E-state index in [-0.39, 0.29) is 22.5 Å². The lowest BCUT2D eigenvalue weighted by molar-refractivity contribution is -0.130. The van der Waals surface area contributed by atoms with Crippen molar-refractivity contribution < 1.29 is 13.2 Å². The first-order chi connectivity index (χ1) is 13.8. The van der Waals surface area contributed by atoms with E-state index in [0.29, 0.717) is 42.7 Å². The van der Waals surface area contributed by atoms with Crippen LogP contribution in [0.15, 0.2) is 47.4 Å². The number of carbonyl (C=O) groups excluding carboxylic acids is 1. The molecule has 0 N–H and O–H groups in total. The quantitative estimate of drug-likeness (QED) is 0.722. The summed E-state index contributed by atoms with van der Waals surface area (Å²) in [6.45, 7) is 9.79. The summed E-state index contributed by atoms with van der Waals surface area (Å²) in [5.74, 6) is 0.144. The normalized spacial score (nSPS) is 14.8. The number of sulfone groups is 1. The Kier molecular flexibility index (Phi) is 6.00. The first-order valence-corrected chi connectivity index (χ1v) is 11.0. The van der Waals surface area contributed by atoms with Gasteiger partial charge in [-0.15, -0.1) is 0 Å². The fraction of sp³-hybridized carbons (Fsp3) is 0.318. The molecule has 0 aliphatic carbocycles. The van der Waals surface area contributed by atoms with Crippen LogP contribution in [0.2, 0.25) is 0 Å². The average molecular weight is 407 g/mol. The highest BCUT2D eigenvalue weighted by atomic mass is 32.2. The molecule has 0 unspecified atom stereocenters. The zero-order valence-corrected chi connectivity index (χ0v) is 16.9. The topological polar surface area (TPSA) is 82.6 Å². The lowest BCUT2D eigenvalue weighted by Gasteiger charge is -2.31. The average Bonchev–Trinajstić information content (AvgIpc) is 2.73. The Hall–Kier alpha value is -3.16. The molecule has 0 spiro atoms. The molecule has 1 amide bonds. The maximum atomic E-state index is 12.8. The molecule has 1 aliphatic rings. The van der Waals surface area contributed by atoms with E-state index in [1.165, 1.54) is 13.0 Å². The van der Waals surface area contributed by atoms with Gasteiger partial charge in [0, 0.05) is 25.6 Å². The molecule has 148 valence electrons. The Morgan fingerprint density at radius 2 is 1.86 bits per heavy atom. The summed E-state index contributed by atoms with van der Waals surface area (Å²) in [4.78, 5) is 16.8. The highest BCUT2D eigenvalue weighted by molar-refractivity contribution is 7.91. The molecule has 0 atom stereocenters. The van der Waals surface area contributed by atoms with E-state index in [1.54, 1.807) is 41.3 Å². The number of hydrogen-bond donors (Lipinski definition) is 0. The number of nitriles is 1. The standard InChI is InChI=1S/C22H21N3O3S/c1-16(26)25-11-9-17(10-12-25)15-29(27,28)21-6-3-18(4-7-21)22-8-5-20(24-2)13-19(22)14-23/h3-8,13,17H,9-12,15H2,1H3. The van der Waals surface area contributed by atoms with Gasteiger partial charge in [0.1, 0.15) is 0 Å². The van der Waals surface area contributed by atoms with Crippen molar-refractivity contribution in [2.24, 2.45) is 5.92 Å². The summed E-state index contributed by atoms with van der Waals surface area (Å²) in [7, 11) is -3.43. The van der Waals surface area contributed by atoms with Crippen LogP contribution in [0.4, 0.5) is 5.69 Å². The number of hydrogen-bond acceptors (Lipinski definition) is 4. The molecule has 0 aromatic heterocycles. The van der Waals surface area contributed by atoms with Crippen LogP contribution in [0.25, 0.3) is 16.0 Å². The highest BCUT2D eigenvalue weighted by Crippen LogP contribution is 2.29. The molecule has 1 saturated heterocycles. The van der Waals surface area contributed by atoms with Gasteiger partial charge in [0.25, 0.3) is 0 Å². The van der Waals surface area contributed by atoms with Gasteiger partial charge in [-0.1, -0.05) is 24.3 Å². The molecule has 1 aliphatic heterocycles. The number of piperidine rings is 1. The fourth-order valence-corrected chi connectivity index (χ4v) is 5.31. The molecule has 2 aromatic carbocycles. The van der Waals surface area contributed by atoms with Crippen molar-refractivity contribution in [3.63, 3.8) is 0 Å². The van der Waals surface area contributed by atoms with Gasteiger partial charge in [-0.05, 0) is 48.1 Å². The Morgan fingerprint density at radius 1 is 1.21 bits per heavy atom. The van der Waals surface area contributed by atoms with Crippen molar-refractivity contribution in [1.29, 1.82) is 5.26 Å². The van der Waals surface area contributed by atoms with Crippen LogP contribution in [-0.2, 0) is 14.6 Å². The van der Waals surface area contributed by atoms with Gasteiger partial charge in [0.2, 0.25) is 5.91 Å². The molecular weight excluding hydrogens is 386 g/mol. The summed E-state index contributed by atoms with van der Waals surface area (Å²) < 4.78 is 25.6. The Labute approximate surface area is 171 Å². The van der Waals surface area contributed by atoms with Crippen LogP contribution >= 0.6 is 0 Å². The number of nitrogens with zero attached hydrogens (tertiary/aromatic N) is 3. The number of amides is 1. The second kappa shape index (κ2) is 8.46. The van der Waals surface area contributed by atoms with E-state index in [1.807, 2.05) is 0 Å². The van der Waals surface area contributed by atoms with Gasteiger partial charge in [0.15, 0.2) is 15.5 Å². The van der Waals surface area contributed by atoms with Crippen molar-refractivity contribution in [2.75, 3.05) is 18.8 Å². The third kappa shape index (κ3) is 4.64. The van der Waals surface area contributed by atoms with E-state index in [4.69, 9.17) is 6.57 Å². The first kappa shape index (κ1) is 20.6. The van der Waals surface area contributed by atoms with Gasteiger partial charge in [-0.2, -0.15) is 5.26 Å². The van der Waals surface area contributed by atoms with E-state index >= 15 is 0 Å². The zero-order valence-electron chi connectivity index (χ0n) is 16.1. The lowest BCUT2D eigenvalue weighted by Crippen LogP contribution is -2.38. The first-order valence-electron chi connectivity index (χ1n) is 9.34. The van der Waals surface area contributed by atoms with Gasteiger partial charge < -0.3 is 4.90 Å². The highest BCUT2D eigenvalue weighted by Gasteiger charge is 2.26. The van der Waals surface area contributed by atoms with E-state index in [2.05, 4.69) is 10.9 Å². The molecule has 0 bridgehead atoms. The summed E-state index contributed by atoms with van der Waals surface area (Å²) in [5.41, 5.74) is 2.17. The maximum absolute atomic E-state index is 12.8. The molecule has 0 radical (unpaired) electrons. The van der Waals surface area contributed by atoms with Crippen LogP contribution in [-0.4, -0.2) is 38.1 Å². The summed E-state index contributed by atoms with van der Waals surface area (Å²) >= 11 is 0. The number of rotatable bonds is 4. The molecule has 3 rings (SSSR count). The van der Waals surface area contributed by atoms with Crippen molar-refractivity contribution in [1.82, 2.24) is 4.90 Å². The van der Waals surface area contributed by atoms with Crippen LogP contribution < -0.4 is 0 Å². The SMILES string of the molecule is [C-]#[N+]c1ccc(-c2ccc(S(=O)(=O)CC3CCN(C(C)=O)CC3)cc2)c(C#N)c1. The predicted molar refractivity (Wildman–Crippen MR) is 110 cm³/mol. The molecular formula is C22H21N3O3S. The van der Waals surface area contributed by atoms with E-state index < -0.39 is 9.84 Å². The largest absolute Gasteiger partial charge is 0.343 e. The molecule has 1 fully saturated rings. The van der Waals surface area contributed by atoms with Crippen molar-refractivity contribution in [3.05, 3.63) is 59.4 Å². The van der Waals surface area contributed by atoms with E-state index in [9.17, 15) is 18.5 Å². The minimum Gasteiger partial charge on any atom is -0.343 e. The Balaban J connectivity index is 1.76. The lowest BCUT2D eigenvalue weighted by atomic mass is 9.99. The smallest absolute Gasteiger partial charge is 0.219 e. The molecule has 7 heteroatoms. The second-order valence-electron chi connectivity index (χ2n) is 7.21.